The Labute approximate surface area is 134 Å². The van der Waals surface area contributed by atoms with Gasteiger partial charge in [-0.25, -0.2) is 4.39 Å². The molecule has 0 saturated heterocycles. The van der Waals surface area contributed by atoms with Gasteiger partial charge in [0, 0.05) is 20.6 Å². The van der Waals surface area contributed by atoms with Crippen LogP contribution >= 0.6 is 22.6 Å². The van der Waals surface area contributed by atoms with Crippen molar-refractivity contribution in [2.75, 3.05) is 12.4 Å². The van der Waals surface area contributed by atoms with Crippen LogP contribution in [0.1, 0.15) is 5.56 Å². The van der Waals surface area contributed by atoms with Crippen LogP contribution < -0.4 is 10.1 Å². The molecule has 21 heavy (non-hydrogen) atoms. The average Bonchev–Trinajstić information content (AvgIpc) is 2.92. The van der Waals surface area contributed by atoms with Crippen LogP contribution in [-0.4, -0.2) is 17.3 Å². The fourth-order valence-electron chi connectivity index (χ4n) is 2.27. The van der Waals surface area contributed by atoms with E-state index in [4.69, 9.17) is 4.74 Å². The van der Waals surface area contributed by atoms with Crippen molar-refractivity contribution in [1.82, 2.24) is 10.2 Å². The normalized spacial score (nSPS) is 10.9. The molecule has 0 saturated carbocycles. The third-order valence-corrected chi connectivity index (χ3v) is 4.04. The Hall–Kier alpha value is -1.83. The van der Waals surface area contributed by atoms with Crippen LogP contribution in [0.3, 0.4) is 0 Å². The molecular formula is C15H13FIN3O. The number of halogens is 2. The summed E-state index contributed by atoms with van der Waals surface area (Å²) in [6.07, 6.45) is 1.72. The van der Waals surface area contributed by atoms with Gasteiger partial charge < -0.3 is 10.1 Å². The molecule has 0 aliphatic rings. The largest absolute Gasteiger partial charge is 0.496 e. The first-order valence-corrected chi connectivity index (χ1v) is 7.40. The summed E-state index contributed by atoms with van der Waals surface area (Å²) >= 11 is 2.08. The summed E-state index contributed by atoms with van der Waals surface area (Å²) in [6.45, 7) is 1.93. The van der Waals surface area contributed by atoms with E-state index >= 15 is 0 Å². The fourth-order valence-corrected chi connectivity index (χ4v) is 2.72. The molecule has 1 heterocycles. The zero-order chi connectivity index (χ0) is 15.0. The lowest BCUT2D eigenvalue weighted by molar-refractivity contribution is 0.412. The molecule has 0 unspecified atom stereocenters. The van der Waals surface area contributed by atoms with Gasteiger partial charge in [0.25, 0.3) is 0 Å². The molecule has 0 fully saturated rings. The van der Waals surface area contributed by atoms with E-state index in [1.807, 2.05) is 19.1 Å². The Morgan fingerprint density at radius 1 is 1.33 bits per heavy atom. The van der Waals surface area contributed by atoms with Gasteiger partial charge in [-0.1, -0.05) is 0 Å². The second kappa shape index (κ2) is 5.51. The standard InChI is InChI=1S/C15H13FIN3O/c1-8-14(21-2)6-13-10(7-18-20-13)15(8)19-12-4-3-9(17)5-11(12)16/h3-7,19H,1-2H3,(H,18,20). The Balaban J connectivity index is 2.15. The molecule has 1 aromatic heterocycles. The number of aromatic nitrogens is 2. The van der Waals surface area contributed by atoms with E-state index in [2.05, 4.69) is 38.1 Å². The number of H-pyrrole nitrogens is 1. The number of hydrogen-bond acceptors (Lipinski definition) is 3. The number of fused-ring (bicyclic) bond motifs is 1. The quantitative estimate of drug-likeness (QED) is 0.646. The smallest absolute Gasteiger partial charge is 0.147 e. The fraction of sp³-hybridized carbons (Fsp3) is 0.133. The number of benzene rings is 2. The maximum Gasteiger partial charge on any atom is 0.147 e. The van der Waals surface area contributed by atoms with E-state index in [0.717, 1.165) is 31.5 Å². The highest BCUT2D eigenvalue weighted by molar-refractivity contribution is 14.1. The van der Waals surface area contributed by atoms with Crippen molar-refractivity contribution in [3.8, 4) is 5.75 Å². The SMILES string of the molecule is COc1cc2[nH]ncc2c(Nc2ccc(I)cc2F)c1C. The molecule has 0 radical (unpaired) electrons. The third-order valence-electron chi connectivity index (χ3n) is 3.37. The third kappa shape index (κ3) is 2.55. The van der Waals surface area contributed by atoms with Gasteiger partial charge in [0.15, 0.2) is 0 Å². The number of nitrogens with zero attached hydrogens (tertiary/aromatic N) is 1. The van der Waals surface area contributed by atoms with Crippen LogP contribution in [0.25, 0.3) is 10.9 Å². The Kier molecular flexibility index (Phi) is 3.71. The predicted molar refractivity (Wildman–Crippen MR) is 89.8 cm³/mol. The Bertz CT molecular complexity index is 816. The summed E-state index contributed by atoms with van der Waals surface area (Å²) in [4.78, 5) is 0. The molecule has 2 N–H and O–H groups in total. The minimum absolute atomic E-state index is 0.291. The van der Waals surface area contributed by atoms with Gasteiger partial charge in [-0.05, 0) is 47.7 Å². The molecule has 3 aromatic rings. The molecule has 2 aromatic carbocycles. The topological polar surface area (TPSA) is 49.9 Å². The number of ether oxygens (including phenoxy) is 1. The number of aromatic amines is 1. The molecule has 0 aliphatic carbocycles. The van der Waals surface area contributed by atoms with Crippen LogP contribution in [0.15, 0.2) is 30.5 Å². The summed E-state index contributed by atoms with van der Waals surface area (Å²) in [6, 6.07) is 6.95. The van der Waals surface area contributed by atoms with Crippen molar-refractivity contribution < 1.29 is 9.13 Å². The second-order valence-electron chi connectivity index (χ2n) is 4.66. The number of hydrogen-bond donors (Lipinski definition) is 2. The molecule has 0 spiro atoms. The highest BCUT2D eigenvalue weighted by Crippen LogP contribution is 2.36. The number of methoxy groups -OCH3 is 1. The molecule has 4 nitrogen and oxygen atoms in total. The first-order valence-electron chi connectivity index (χ1n) is 6.33. The zero-order valence-corrected chi connectivity index (χ0v) is 13.7. The molecule has 0 bridgehead atoms. The van der Waals surface area contributed by atoms with Crippen molar-refractivity contribution >= 4 is 44.9 Å². The number of anilines is 2. The molecule has 3 rings (SSSR count). The van der Waals surface area contributed by atoms with Gasteiger partial charge in [0.1, 0.15) is 11.6 Å². The summed E-state index contributed by atoms with van der Waals surface area (Å²) < 4.78 is 20.3. The first-order chi connectivity index (χ1) is 10.1. The predicted octanol–water partition coefficient (Wildman–Crippen LogP) is 4.37. The van der Waals surface area contributed by atoms with Gasteiger partial charge in [-0.2, -0.15) is 5.10 Å². The summed E-state index contributed by atoms with van der Waals surface area (Å²) in [5.41, 5.74) is 2.96. The van der Waals surface area contributed by atoms with E-state index < -0.39 is 0 Å². The van der Waals surface area contributed by atoms with Crippen LogP contribution in [0.5, 0.6) is 5.75 Å². The van der Waals surface area contributed by atoms with E-state index in [9.17, 15) is 4.39 Å². The van der Waals surface area contributed by atoms with Crippen LogP contribution in [0.2, 0.25) is 0 Å². The monoisotopic (exact) mass is 397 g/mol. The summed E-state index contributed by atoms with van der Waals surface area (Å²) in [5.74, 6) is 0.431. The zero-order valence-electron chi connectivity index (χ0n) is 11.5. The minimum Gasteiger partial charge on any atom is -0.496 e. The first kappa shape index (κ1) is 14.1. The van der Waals surface area contributed by atoms with Gasteiger partial charge in [0.2, 0.25) is 0 Å². The van der Waals surface area contributed by atoms with Crippen LogP contribution in [0, 0.1) is 16.3 Å². The second-order valence-corrected chi connectivity index (χ2v) is 5.90. The van der Waals surface area contributed by atoms with E-state index in [1.165, 1.54) is 6.07 Å². The maximum atomic E-state index is 14.1. The van der Waals surface area contributed by atoms with Crippen molar-refractivity contribution in [3.63, 3.8) is 0 Å². The Morgan fingerprint density at radius 3 is 2.86 bits per heavy atom. The summed E-state index contributed by atoms with van der Waals surface area (Å²) in [5, 5.41) is 11.0. The maximum absolute atomic E-state index is 14.1. The number of rotatable bonds is 3. The highest BCUT2D eigenvalue weighted by atomic mass is 127. The van der Waals surface area contributed by atoms with Crippen molar-refractivity contribution in [1.29, 1.82) is 0 Å². The lowest BCUT2D eigenvalue weighted by atomic mass is 10.1. The van der Waals surface area contributed by atoms with Gasteiger partial charge in [-0.15, -0.1) is 0 Å². The molecule has 0 atom stereocenters. The van der Waals surface area contributed by atoms with E-state index in [0.29, 0.717) is 5.69 Å². The molecular weight excluding hydrogens is 384 g/mol. The molecule has 6 heteroatoms. The Morgan fingerprint density at radius 2 is 2.14 bits per heavy atom. The van der Waals surface area contributed by atoms with Crippen LogP contribution in [0.4, 0.5) is 15.8 Å². The van der Waals surface area contributed by atoms with E-state index in [-0.39, 0.29) is 5.82 Å². The summed E-state index contributed by atoms with van der Waals surface area (Å²) in [7, 11) is 1.61. The highest BCUT2D eigenvalue weighted by Gasteiger charge is 2.14. The van der Waals surface area contributed by atoms with E-state index in [1.54, 1.807) is 19.4 Å². The van der Waals surface area contributed by atoms with Gasteiger partial charge in [-0.3, -0.25) is 5.10 Å². The average molecular weight is 397 g/mol. The van der Waals surface area contributed by atoms with Gasteiger partial charge in [0.05, 0.1) is 30.2 Å². The van der Waals surface area contributed by atoms with Crippen molar-refractivity contribution in [2.24, 2.45) is 0 Å². The minimum atomic E-state index is -0.291. The molecule has 0 aliphatic heterocycles. The van der Waals surface area contributed by atoms with Crippen molar-refractivity contribution in [3.05, 3.63) is 45.4 Å². The number of nitrogens with one attached hydrogen (secondary N) is 2. The lowest BCUT2D eigenvalue weighted by Crippen LogP contribution is -1.99. The van der Waals surface area contributed by atoms with Crippen LogP contribution in [-0.2, 0) is 0 Å². The van der Waals surface area contributed by atoms with Gasteiger partial charge >= 0.3 is 0 Å². The lowest BCUT2D eigenvalue weighted by Gasteiger charge is -2.14. The molecule has 108 valence electrons. The van der Waals surface area contributed by atoms with Crippen molar-refractivity contribution in [2.45, 2.75) is 6.92 Å². The molecule has 0 amide bonds.